The van der Waals surface area contributed by atoms with Crippen LogP contribution in [0.3, 0.4) is 0 Å². The fourth-order valence-corrected chi connectivity index (χ4v) is 6.88. The maximum absolute atomic E-state index is 13.2. The molecular formula is C22H32O4. The second kappa shape index (κ2) is 5.92. The van der Waals surface area contributed by atoms with Crippen LogP contribution in [-0.2, 0) is 14.3 Å². The first-order chi connectivity index (χ1) is 12.2. The van der Waals surface area contributed by atoms with Gasteiger partial charge in [0.25, 0.3) is 0 Å². The van der Waals surface area contributed by atoms with Crippen LogP contribution >= 0.6 is 0 Å². The minimum absolute atomic E-state index is 0.0360. The van der Waals surface area contributed by atoms with Crippen LogP contribution in [0.25, 0.3) is 0 Å². The molecule has 0 radical (unpaired) electrons. The summed E-state index contributed by atoms with van der Waals surface area (Å²) in [6.07, 6.45) is 6.74. The highest BCUT2D eigenvalue weighted by Gasteiger charge is 2.63. The number of aliphatic hydroxyl groups excluding tert-OH is 1. The first-order valence-electron chi connectivity index (χ1n) is 10.3. The van der Waals surface area contributed by atoms with Crippen molar-refractivity contribution in [1.82, 2.24) is 0 Å². The third-order valence-electron chi connectivity index (χ3n) is 8.46. The minimum Gasteiger partial charge on any atom is -0.460 e. The predicted octanol–water partition coefficient (Wildman–Crippen LogP) is 3.67. The molecule has 3 fully saturated rings. The zero-order valence-corrected chi connectivity index (χ0v) is 16.5. The fourth-order valence-electron chi connectivity index (χ4n) is 6.88. The van der Waals surface area contributed by atoms with Crippen molar-refractivity contribution in [3.05, 3.63) is 11.6 Å². The van der Waals surface area contributed by atoms with E-state index in [4.69, 9.17) is 4.74 Å². The van der Waals surface area contributed by atoms with Gasteiger partial charge in [0.05, 0.1) is 6.10 Å². The zero-order valence-electron chi connectivity index (χ0n) is 16.5. The lowest BCUT2D eigenvalue weighted by molar-refractivity contribution is -0.154. The lowest BCUT2D eigenvalue weighted by Crippen LogP contribution is -2.53. The van der Waals surface area contributed by atoms with Crippen molar-refractivity contribution in [2.45, 2.75) is 78.4 Å². The number of carbonyl (C=O) groups is 2. The van der Waals surface area contributed by atoms with Gasteiger partial charge in [0.1, 0.15) is 6.10 Å². The molecule has 4 heteroatoms. The van der Waals surface area contributed by atoms with E-state index in [9.17, 15) is 14.7 Å². The van der Waals surface area contributed by atoms with E-state index in [1.54, 1.807) is 0 Å². The molecule has 0 aliphatic heterocycles. The average molecular weight is 360 g/mol. The van der Waals surface area contributed by atoms with Gasteiger partial charge in [-0.15, -0.1) is 0 Å². The Hall–Kier alpha value is -1.16. The monoisotopic (exact) mass is 360 g/mol. The van der Waals surface area contributed by atoms with Crippen LogP contribution in [-0.4, -0.2) is 29.1 Å². The van der Waals surface area contributed by atoms with Gasteiger partial charge < -0.3 is 9.84 Å². The van der Waals surface area contributed by atoms with Gasteiger partial charge in [-0.25, -0.2) is 0 Å². The van der Waals surface area contributed by atoms with Crippen molar-refractivity contribution < 1.29 is 19.4 Å². The van der Waals surface area contributed by atoms with Gasteiger partial charge in [0.15, 0.2) is 5.78 Å². The summed E-state index contributed by atoms with van der Waals surface area (Å²) in [7, 11) is 0. The normalized spacial score (nSPS) is 50.3. The maximum Gasteiger partial charge on any atom is 0.302 e. The standard InChI is InChI=1S/C22H32O4/c1-12-5-7-21(3)14(9-12)10-17(24)19-15(21)6-8-22(4)16(19)11-18(20(22)25)26-13(2)23/h10,12,15-16,18-20,25H,5-9,11H2,1-4H3/t12-,15-,16-,18?,19+,20-,21-,22-/m0/s1. The van der Waals surface area contributed by atoms with Crippen molar-refractivity contribution in [3.63, 3.8) is 0 Å². The van der Waals surface area contributed by atoms with Gasteiger partial charge in [0, 0.05) is 18.3 Å². The molecule has 0 saturated heterocycles. The Balaban J connectivity index is 1.70. The number of aliphatic hydroxyl groups is 1. The molecule has 1 N–H and O–H groups in total. The molecule has 0 aromatic heterocycles. The summed E-state index contributed by atoms with van der Waals surface area (Å²) in [5.41, 5.74) is 1.15. The number of ketones is 1. The first kappa shape index (κ1) is 18.2. The molecular weight excluding hydrogens is 328 g/mol. The topological polar surface area (TPSA) is 63.6 Å². The highest BCUT2D eigenvalue weighted by Crippen LogP contribution is 2.64. The minimum atomic E-state index is -0.672. The Labute approximate surface area is 156 Å². The summed E-state index contributed by atoms with van der Waals surface area (Å²) < 4.78 is 5.43. The highest BCUT2D eigenvalue weighted by atomic mass is 16.6. The number of hydrogen-bond donors (Lipinski definition) is 1. The summed E-state index contributed by atoms with van der Waals surface area (Å²) in [6, 6.07) is 0. The van der Waals surface area contributed by atoms with Crippen LogP contribution in [0.15, 0.2) is 11.6 Å². The molecule has 4 nitrogen and oxygen atoms in total. The summed E-state index contributed by atoms with van der Waals surface area (Å²) in [4.78, 5) is 24.6. The van der Waals surface area contributed by atoms with E-state index in [0.717, 1.165) is 25.7 Å². The number of hydrogen-bond acceptors (Lipinski definition) is 4. The number of fused-ring (bicyclic) bond motifs is 5. The lowest BCUT2D eigenvalue weighted by Gasteiger charge is -2.56. The highest BCUT2D eigenvalue weighted by molar-refractivity contribution is 5.94. The second-order valence-electron chi connectivity index (χ2n) is 9.95. The van der Waals surface area contributed by atoms with E-state index in [1.165, 1.54) is 18.9 Å². The van der Waals surface area contributed by atoms with E-state index in [2.05, 4.69) is 20.8 Å². The van der Waals surface area contributed by atoms with Crippen molar-refractivity contribution >= 4 is 11.8 Å². The summed E-state index contributed by atoms with van der Waals surface area (Å²) >= 11 is 0. The van der Waals surface area contributed by atoms with Crippen LogP contribution in [0.5, 0.6) is 0 Å². The Morgan fingerprint density at radius 2 is 1.96 bits per heavy atom. The molecule has 26 heavy (non-hydrogen) atoms. The van der Waals surface area contributed by atoms with Gasteiger partial charge in [-0.2, -0.15) is 0 Å². The Kier molecular flexibility index (Phi) is 4.15. The quantitative estimate of drug-likeness (QED) is 0.725. The van der Waals surface area contributed by atoms with Gasteiger partial charge in [-0.1, -0.05) is 26.3 Å². The van der Waals surface area contributed by atoms with Gasteiger partial charge in [0.2, 0.25) is 0 Å². The molecule has 0 aromatic rings. The zero-order chi connectivity index (χ0) is 18.9. The third kappa shape index (κ3) is 2.44. The number of allylic oxidation sites excluding steroid dienone is 2. The molecule has 1 unspecified atom stereocenters. The summed E-state index contributed by atoms with van der Waals surface area (Å²) in [5, 5.41) is 10.9. The van der Waals surface area contributed by atoms with Gasteiger partial charge in [-0.05, 0) is 67.8 Å². The molecule has 4 aliphatic rings. The molecule has 144 valence electrons. The predicted molar refractivity (Wildman–Crippen MR) is 98.2 cm³/mol. The molecule has 4 aliphatic carbocycles. The summed E-state index contributed by atoms with van der Waals surface area (Å²) in [6.45, 7) is 8.14. The molecule has 8 atom stereocenters. The van der Waals surface area contributed by atoms with E-state index in [-0.39, 0.29) is 34.4 Å². The van der Waals surface area contributed by atoms with Crippen LogP contribution in [0, 0.1) is 34.5 Å². The molecule has 0 aromatic carbocycles. The van der Waals surface area contributed by atoms with Crippen molar-refractivity contribution in [3.8, 4) is 0 Å². The number of ether oxygens (including phenoxy) is 1. The first-order valence-corrected chi connectivity index (χ1v) is 10.3. The van der Waals surface area contributed by atoms with E-state index in [0.29, 0.717) is 18.3 Å². The smallest absolute Gasteiger partial charge is 0.302 e. The van der Waals surface area contributed by atoms with E-state index >= 15 is 0 Å². The Morgan fingerprint density at radius 1 is 1.23 bits per heavy atom. The van der Waals surface area contributed by atoms with E-state index in [1.807, 2.05) is 6.08 Å². The number of rotatable bonds is 1. The van der Waals surface area contributed by atoms with Crippen LogP contribution in [0.1, 0.15) is 66.2 Å². The van der Waals surface area contributed by atoms with Crippen LogP contribution in [0.2, 0.25) is 0 Å². The van der Waals surface area contributed by atoms with Crippen LogP contribution < -0.4 is 0 Å². The third-order valence-corrected chi connectivity index (χ3v) is 8.46. The van der Waals surface area contributed by atoms with Crippen molar-refractivity contribution in [2.24, 2.45) is 34.5 Å². The second-order valence-corrected chi connectivity index (χ2v) is 9.95. The maximum atomic E-state index is 13.2. The Morgan fingerprint density at radius 3 is 2.65 bits per heavy atom. The van der Waals surface area contributed by atoms with Gasteiger partial charge >= 0.3 is 5.97 Å². The van der Waals surface area contributed by atoms with Crippen molar-refractivity contribution in [2.75, 3.05) is 0 Å². The number of esters is 1. The number of carbonyl (C=O) groups excluding carboxylic acids is 2. The largest absolute Gasteiger partial charge is 0.460 e. The molecule has 0 heterocycles. The lowest BCUT2D eigenvalue weighted by atomic mass is 9.47. The Bertz CT molecular complexity index is 667. The van der Waals surface area contributed by atoms with Gasteiger partial charge in [-0.3, -0.25) is 9.59 Å². The van der Waals surface area contributed by atoms with E-state index < -0.39 is 12.2 Å². The SMILES string of the molecule is CC(=O)OC1C[C@H]2[C@@H]3C(=O)C=C4C[C@@H](C)CC[C@]4(C)[C@H]3CC[C@]2(C)[C@H]1O. The average Bonchev–Trinajstić information content (AvgIpc) is 2.80. The molecule has 3 saturated carbocycles. The molecule has 4 rings (SSSR count). The fraction of sp³-hybridized carbons (Fsp3) is 0.818. The molecule has 0 bridgehead atoms. The van der Waals surface area contributed by atoms with Crippen LogP contribution in [0.4, 0.5) is 0 Å². The molecule has 0 spiro atoms. The molecule has 0 amide bonds. The van der Waals surface area contributed by atoms with Crippen molar-refractivity contribution in [1.29, 1.82) is 0 Å². The summed E-state index contributed by atoms with van der Waals surface area (Å²) in [5.74, 6) is 0.993.